The summed E-state index contributed by atoms with van der Waals surface area (Å²) in [6.07, 6.45) is 3.88. The Morgan fingerprint density at radius 2 is 2.24 bits per heavy atom. The van der Waals surface area contributed by atoms with Gasteiger partial charge in [0.25, 0.3) is 0 Å². The largest absolute Gasteiger partial charge is 0.310 e. The van der Waals surface area contributed by atoms with Gasteiger partial charge in [-0.25, -0.2) is 4.68 Å². The molecule has 0 fully saturated rings. The molecule has 0 radical (unpaired) electrons. The zero-order valence-electron chi connectivity index (χ0n) is 10.0. The van der Waals surface area contributed by atoms with E-state index in [1.54, 1.807) is 0 Å². The van der Waals surface area contributed by atoms with E-state index in [0.717, 1.165) is 15.8 Å². The molecule has 1 aromatic heterocycles. The van der Waals surface area contributed by atoms with E-state index < -0.39 is 0 Å². The lowest BCUT2D eigenvalue weighted by Crippen LogP contribution is -2.21. The second-order valence-corrected chi connectivity index (χ2v) is 5.55. The summed E-state index contributed by atoms with van der Waals surface area (Å²) in [7, 11) is 0. The first kappa shape index (κ1) is 12.6. The van der Waals surface area contributed by atoms with Gasteiger partial charge in [-0.1, -0.05) is 26.0 Å². The average Bonchev–Trinajstić information content (AvgIpc) is 2.74. The number of hydrogen-bond donors (Lipinski definition) is 1. The van der Waals surface area contributed by atoms with Crippen molar-refractivity contribution < 1.29 is 0 Å². The van der Waals surface area contributed by atoms with Gasteiger partial charge in [0.1, 0.15) is 0 Å². The molecule has 2 aromatic rings. The van der Waals surface area contributed by atoms with Gasteiger partial charge in [0.15, 0.2) is 0 Å². The molecule has 90 valence electrons. The summed E-state index contributed by atoms with van der Waals surface area (Å²) in [5, 5.41) is 7.73. The minimum absolute atomic E-state index is 0.504. The normalized spacial score (nSPS) is 11.1. The minimum Gasteiger partial charge on any atom is -0.310 e. The molecular weight excluding hydrogens is 325 g/mol. The lowest BCUT2D eigenvalue weighted by molar-refractivity contribution is 0.588. The zero-order chi connectivity index (χ0) is 12.3. The van der Waals surface area contributed by atoms with E-state index in [1.807, 2.05) is 17.1 Å². The second kappa shape index (κ2) is 5.64. The number of benzene rings is 1. The van der Waals surface area contributed by atoms with Gasteiger partial charge in [0, 0.05) is 18.8 Å². The van der Waals surface area contributed by atoms with Crippen molar-refractivity contribution >= 4 is 22.6 Å². The number of rotatable bonds is 4. The number of nitrogens with zero attached hydrogens (tertiary/aromatic N) is 2. The predicted octanol–water partition coefficient (Wildman–Crippen LogP) is 2.97. The summed E-state index contributed by atoms with van der Waals surface area (Å²) in [5.41, 5.74) is 2.39. The molecule has 0 amide bonds. The predicted molar refractivity (Wildman–Crippen MR) is 78.3 cm³/mol. The van der Waals surface area contributed by atoms with Crippen molar-refractivity contribution in [2.45, 2.75) is 26.4 Å². The topological polar surface area (TPSA) is 29.9 Å². The van der Waals surface area contributed by atoms with Crippen LogP contribution < -0.4 is 5.32 Å². The maximum Gasteiger partial charge on any atom is 0.0649 e. The van der Waals surface area contributed by atoms with Gasteiger partial charge >= 0.3 is 0 Å². The molecule has 0 saturated heterocycles. The molecule has 3 nitrogen and oxygen atoms in total. The van der Waals surface area contributed by atoms with Crippen LogP contribution in [-0.2, 0) is 6.54 Å². The Labute approximate surface area is 115 Å². The van der Waals surface area contributed by atoms with Crippen LogP contribution in [0.4, 0.5) is 0 Å². The van der Waals surface area contributed by atoms with Crippen LogP contribution in [0.1, 0.15) is 19.4 Å². The van der Waals surface area contributed by atoms with Crippen LogP contribution in [0, 0.1) is 3.57 Å². The molecule has 0 atom stereocenters. The van der Waals surface area contributed by atoms with Gasteiger partial charge in [-0.05, 0) is 40.3 Å². The van der Waals surface area contributed by atoms with Crippen molar-refractivity contribution in [2.24, 2.45) is 0 Å². The molecule has 2 rings (SSSR count). The summed E-state index contributed by atoms with van der Waals surface area (Å²) in [4.78, 5) is 0. The molecule has 0 saturated carbocycles. The number of aromatic nitrogens is 2. The van der Waals surface area contributed by atoms with Crippen LogP contribution in [-0.4, -0.2) is 15.8 Å². The van der Waals surface area contributed by atoms with Crippen LogP contribution >= 0.6 is 22.6 Å². The first-order chi connectivity index (χ1) is 8.15. The fourth-order valence-electron chi connectivity index (χ4n) is 1.57. The van der Waals surface area contributed by atoms with Gasteiger partial charge in [0.05, 0.1) is 15.5 Å². The van der Waals surface area contributed by atoms with Gasteiger partial charge in [-0.2, -0.15) is 5.10 Å². The molecule has 0 spiro atoms. The Kier molecular flexibility index (Phi) is 4.17. The third-order valence-electron chi connectivity index (χ3n) is 2.44. The van der Waals surface area contributed by atoms with E-state index in [-0.39, 0.29) is 0 Å². The SMILES string of the molecule is CC(C)NCc1cccc(-n2cc(I)cn2)c1. The fraction of sp³-hybridized carbons (Fsp3) is 0.308. The molecule has 0 unspecified atom stereocenters. The van der Waals surface area contributed by atoms with E-state index in [0.29, 0.717) is 6.04 Å². The third-order valence-corrected chi connectivity index (χ3v) is 3.00. The number of halogens is 1. The van der Waals surface area contributed by atoms with Crippen molar-refractivity contribution in [3.63, 3.8) is 0 Å². The fourth-order valence-corrected chi connectivity index (χ4v) is 1.96. The van der Waals surface area contributed by atoms with Gasteiger partial charge in [-0.3, -0.25) is 0 Å². The molecule has 1 heterocycles. The Bertz CT molecular complexity index is 491. The smallest absolute Gasteiger partial charge is 0.0649 e. The van der Waals surface area contributed by atoms with Crippen molar-refractivity contribution in [3.05, 3.63) is 45.8 Å². The standard InChI is InChI=1S/C13H16IN3/c1-10(2)15-7-11-4-3-5-13(6-11)17-9-12(14)8-16-17/h3-6,8-10,15H,7H2,1-2H3. The average molecular weight is 341 g/mol. The van der Waals surface area contributed by atoms with E-state index in [9.17, 15) is 0 Å². The van der Waals surface area contributed by atoms with Gasteiger partial charge < -0.3 is 5.32 Å². The molecule has 0 aliphatic carbocycles. The Hall–Kier alpha value is -0.880. The first-order valence-corrected chi connectivity index (χ1v) is 6.76. The summed E-state index contributed by atoms with van der Waals surface area (Å²) in [5.74, 6) is 0. The lowest BCUT2D eigenvalue weighted by Gasteiger charge is -2.09. The van der Waals surface area contributed by atoms with Crippen molar-refractivity contribution in [2.75, 3.05) is 0 Å². The first-order valence-electron chi connectivity index (χ1n) is 5.68. The van der Waals surface area contributed by atoms with E-state index in [1.165, 1.54) is 5.56 Å². The monoisotopic (exact) mass is 341 g/mol. The molecule has 1 aromatic carbocycles. The van der Waals surface area contributed by atoms with Crippen LogP contribution in [0.3, 0.4) is 0 Å². The third kappa shape index (κ3) is 3.54. The summed E-state index contributed by atoms with van der Waals surface area (Å²) >= 11 is 2.27. The van der Waals surface area contributed by atoms with Crippen LogP contribution in [0.25, 0.3) is 5.69 Å². The highest BCUT2D eigenvalue weighted by Gasteiger charge is 2.01. The molecule has 0 aliphatic heterocycles. The van der Waals surface area contributed by atoms with E-state index >= 15 is 0 Å². The molecule has 0 aliphatic rings. The van der Waals surface area contributed by atoms with Crippen molar-refractivity contribution in [1.29, 1.82) is 0 Å². The maximum absolute atomic E-state index is 4.31. The Balaban J connectivity index is 2.16. The van der Waals surface area contributed by atoms with Crippen molar-refractivity contribution in [1.82, 2.24) is 15.1 Å². The zero-order valence-corrected chi connectivity index (χ0v) is 12.2. The van der Waals surface area contributed by atoms with Gasteiger partial charge in [0.2, 0.25) is 0 Å². The highest BCUT2D eigenvalue weighted by Crippen LogP contribution is 2.12. The second-order valence-electron chi connectivity index (χ2n) is 4.31. The number of nitrogens with one attached hydrogen (secondary N) is 1. The van der Waals surface area contributed by atoms with Gasteiger partial charge in [-0.15, -0.1) is 0 Å². The highest BCUT2D eigenvalue weighted by atomic mass is 127. The Morgan fingerprint density at radius 3 is 2.88 bits per heavy atom. The summed E-state index contributed by atoms with van der Waals surface area (Å²) < 4.78 is 3.05. The molecule has 4 heteroatoms. The number of hydrogen-bond acceptors (Lipinski definition) is 2. The maximum atomic E-state index is 4.31. The molecule has 1 N–H and O–H groups in total. The van der Waals surface area contributed by atoms with E-state index in [2.05, 4.69) is 71.1 Å². The quantitative estimate of drug-likeness (QED) is 0.867. The lowest BCUT2D eigenvalue weighted by atomic mass is 10.2. The highest BCUT2D eigenvalue weighted by molar-refractivity contribution is 14.1. The molecule has 0 bridgehead atoms. The van der Waals surface area contributed by atoms with Crippen LogP contribution in [0.15, 0.2) is 36.7 Å². The van der Waals surface area contributed by atoms with Crippen LogP contribution in [0.2, 0.25) is 0 Å². The molecule has 17 heavy (non-hydrogen) atoms. The summed E-state index contributed by atoms with van der Waals surface area (Å²) in [6.45, 7) is 5.20. The van der Waals surface area contributed by atoms with E-state index in [4.69, 9.17) is 0 Å². The molecular formula is C13H16IN3. The Morgan fingerprint density at radius 1 is 1.41 bits per heavy atom. The van der Waals surface area contributed by atoms with Crippen LogP contribution in [0.5, 0.6) is 0 Å². The van der Waals surface area contributed by atoms with Crippen molar-refractivity contribution in [3.8, 4) is 5.69 Å². The summed E-state index contributed by atoms with van der Waals surface area (Å²) in [6, 6.07) is 8.94. The minimum atomic E-state index is 0.504.